The minimum atomic E-state index is -0.662. The number of amides is 2. The van der Waals surface area contributed by atoms with Crippen LogP contribution in [0.5, 0.6) is 0 Å². The number of likely N-dealkylation sites (N-methyl/N-ethyl adjacent to an activating group) is 1. The second-order valence-electron chi connectivity index (χ2n) is 8.05. The molecule has 1 atom stereocenters. The zero-order valence-electron chi connectivity index (χ0n) is 15.9. The summed E-state index contributed by atoms with van der Waals surface area (Å²) in [6.07, 6.45) is 5.71. The molecule has 6 nitrogen and oxygen atoms in total. The Morgan fingerprint density at radius 3 is 2.40 bits per heavy atom. The Morgan fingerprint density at radius 1 is 1.12 bits per heavy atom. The van der Waals surface area contributed by atoms with E-state index in [2.05, 4.69) is 22.0 Å². The number of carbonyl (C=O) groups excluding carboxylic acids is 2. The summed E-state index contributed by atoms with van der Waals surface area (Å²) in [7, 11) is 0. The van der Waals surface area contributed by atoms with Crippen molar-refractivity contribution in [3.05, 3.63) is 0 Å². The van der Waals surface area contributed by atoms with Gasteiger partial charge in [-0.3, -0.25) is 14.5 Å². The van der Waals surface area contributed by atoms with Crippen LogP contribution in [0.3, 0.4) is 0 Å². The van der Waals surface area contributed by atoms with Crippen LogP contribution in [0.25, 0.3) is 0 Å². The van der Waals surface area contributed by atoms with Crippen LogP contribution >= 0.6 is 0 Å². The van der Waals surface area contributed by atoms with E-state index in [4.69, 9.17) is 0 Å². The van der Waals surface area contributed by atoms with Gasteiger partial charge in [-0.05, 0) is 32.7 Å². The summed E-state index contributed by atoms with van der Waals surface area (Å²) in [4.78, 5) is 32.0. The van der Waals surface area contributed by atoms with Gasteiger partial charge in [-0.1, -0.05) is 19.8 Å². The fourth-order valence-corrected chi connectivity index (χ4v) is 4.48. The van der Waals surface area contributed by atoms with E-state index in [0.29, 0.717) is 25.4 Å². The molecule has 2 aliphatic heterocycles. The van der Waals surface area contributed by atoms with Crippen molar-refractivity contribution in [3.8, 4) is 0 Å². The number of nitrogens with one attached hydrogen (secondary N) is 1. The van der Waals surface area contributed by atoms with Crippen molar-refractivity contribution >= 4 is 11.8 Å². The van der Waals surface area contributed by atoms with E-state index in [1.165, 1.54) is 12.8 Å². The van der Waals surface area contributed by atoms with Gasteiger partial charge < -0.3 is 15.1 Å². The molecule has 6 heteroatoms. The van der Waals surface area contributed by atoms with Gasteiger partial charge in [0.05, 0.1) is 0 Å². The lowest BCUT2D eigenvalue weighted by Gasteiger charge is -2.38. The van der Waals surface area contributed by atoms with Gasteiger partial charge in [0, 0.05) is 51.7 Å². The van der Waals surface area contributed by atoms with Crippen LogP contribution in [0.2, 0.25) is 0 Å². The minimum absolute atomic E-state index is 0.0565. The lowest BCUT2D eigenvalue weighted by molar-refractivity contribution is -0.141. The van der Waals surface area contributed by atoms with Gasteiger partial charge in [0.2, 0.25) is 11.8 Å². The summed E-state index contributed by atoms with van der Waals surface area (Å²) < 4.78 is 0. The van der Waals surface area contributed by atoms with E-state index in [9.17, 15) is 9.59 Å². The second-order valence-corrected chi connectivity index (χ2v) is 8.05. The van der Waals surface area contributed by atoms with Crippen LogP contribution in [-0.2, 0) is 9.59 Å². The number of likely N-dealkylation sites (tertiary alicyclic amines) is 1. The predicted molar refractivity (Wildman–Crippen MR) is 98.3 cm³/mol. The van der Waals surface area contributed by atoms with Crippen molar-refractivity contribution in [1.82, 2.24) is 20.0 Å². The molecular weight excluding hydrogens is 316 g/mol. The molecule has 0 aromatic heterocycles. The van der Waals surface area contributed by atoms with Gasteiger partial charge in [-0.2, -0.15) is 0 Å². The highest BCUT2D eigenvalue weighted by Crippen LogP contribution is 2.31. The molecule has 142 valence electrons. The fraction of sp³-hybridized carbons (Fsp3) is 0.895. The summed E-state index contributed by atoms with van der Waals surface area (Å²) in [5.41, 5.74) is -0.662. The van der Waals surface area contributed by atoms with Crippen LogP contribution in [-0.4, -0.2) is 83.9 Å². The van der Waals surface area contributed by atoms with Gasteiger partial charge in [0.25, 0.3) is 0 Å². The molecule has 0 aromatic carbocycles. The molecule has 25 heavy (non-hydrogen) atoms. The highest BCUT2D eigenvalue weighted by molar-refractivity contribution is 5.94. The smallest absolute Gasteiger partial charge is 0.245 e. The van der Waals surface area contributed by atoms with Crippen molar-refractivity contribution < 1.29 is 9.59 Å². The summed E-state index contributed by atoms with van der Waals surface area (Å²) >= 11 is 0. The van der Waals surface area contributed by atoms with Gasteiger partial charge in [-0.15, -0.1) is 0 Å². The summed E-state index contributed by atoms with van der Waals surface area (Å²) in [6.45, 7) is 11.1. The standard InChI is InChI=1S/C19H34N4O2/c1-3-21-10-12-22(13-11-21)14-15-23-17(24)8-9-19(23,2)18(25)20-16-6-4-5-7-16/h16H,3-15H2,1-2H3,(H,20,25)/t19-/m0/s1. The SMILES string of the molecule is CCN1CCN(CCN2C(=O)CC[C@@]2(C)C(=O)NC2CCCC2)CC1. The number of carbonyl (C=O) groups is 2. The highest BCUT2D eigenvalue weighted by Gasteiger charge is 2.47. The third-order valence-corrected chi connectivity index (χ3v) is 6.45. The van der Waals surface area contributed by atoms with Crippen LogP contribution in [0.4, 0.5) is 0 Å². The summed E-state index contributed by atoms with van der Waals surface area (Å²) in [5, 5.41) is 3.21. The number of nitrogens with zero attached hydrogens (tertiary/aromatic N) is 3. The van der Waals surface area contributed by atoms with E-state index < -0.39 is 5.54 Å². The van der Waals surface area contributed by atoms with Crippen LogP contribution in [0.15, 0.2) is 0 Å². The van der Waals surface area contributed by atoms with Crippen LogP contribution in [0.1, 0.15) is 52.4 Å². The second kappa shape index (κ2) is 8.04. The minimum Gasteiger partial charge on any atom is -0.351 e. The average Bonchev–Trinajstić information content (AvgIpc) is 3.23. The number of hydrogen-bond donors (Lipinski definition) is 1. The molecule has 3 fully saturated rings. The molecule has 1 N–H and O–H groups in total. The maximum absolute atomic E-state index is 12.9. The third kappa shape index (κ3) is 4.17. The zero-order chi connectivity index (χ0) is 17.9. The lowest BCUT2D eigenvalue weighted by Crippen LogP contribution is -2.58. The van der Waals surface area contributed by atoms with Crippen molar-refractivity contribution in [3.63, 3.8) is 0 Å². The number of hydrogen-bond acceptors (Lipinski definition) is 4. The zero-order valence-corrected chi connectivity index (χ0v) is 15.9. The maximum atomic E-state index is 12.9. The van der Waals surface area contributed by atoms with Gasteiger partial charge >= 0.3 is 0 Å². The van der Waals surface area contributed by atoms with Crippen molar-refractivity contribution in [2.45, 2.75) is 64.0 Å². The first kappa shape index (κ1) is 18.6. The predicted octanol–water partition coefficient (Wildman–Crippen LogP) is 1.06. The molecule has 3 aliphatic rings. The largest absolute Gasteiger partial charge is 0.351 e. The molecule has 0 unspecified atom stereocenters. The Bertz CT molecular complexity index is 484. The third-order valence-electron chi connectivity index (χ3n) is 6.45. The number of rotatable bonds is 6. The quantitative estimate of drug-likeness (QED) is 0.778. The Hall–Kier alpha value is -1.14. The molecule has 2 heterocycles. The molecule has 0 radical (unpaired) electrons. The Labute approximate surface area is 151 Å². The van der Waals surface area contributed by atoms with Crippen LogP contribution < -0.4 is 5.32 Å². The average molecular weight is 351 g/mol. The molecule has 1 saturated carbocycles. The van der Waals surface area contributed by atoms with Crippen LogP contribution in [0, 0.1) is 0 Å². The Morgan fingerprint density at radius 2 is 1.76 bits per heavy atom. The molecule has 2 saturated heterocycles. The maximum Gasteiger partial charge on any atom is 0.245 e. The van der Waals surface area contributed by atoms with E-state index in [1.54, 1.807) is 0 Å². The van der Waals surface area contributed by atoms with E-state index in [-0.39, 0.29) is 11.8 Å². The Kier molecular flexibility index (Phi) is 6.00. The monoisotopic (exact) mass is 350 g/mol. The number of piperazine rings is 1. The van der Waals surface area contributed by atoms with Gasteiger partial charge in [0.15, 0.2) is 0 Å². The van der Waals surface area contributed by atoms with Gasteiger partial charge in [-0.25, -0.2) is 0 Å². The fourth-order valence-electron chi connectivity index (χ4n) is 4.48. The first-order valence-electron chi connectivity index (χ1n) is 10.1. The molecule has 0 bridgehead atoms. The van der Waals surface area contributed by atoms with E-state index in [1.807, 2.05) is 11.8 Å². The van der Waals surface area contributed by atoms with E-state index >= 15 is 0 Å². The first-order valence-corrected chi connectivity index (χ1v) is 10.1. The highest BCUT2D eigenvalue weighted by atomic mass is 16.2. The first-order chi connectivity index (χ1) is 12.0. The molecule has 1 aliphatic carbocycles. The molecule has 0 aromatic rings. The van der Waals surface area contributed by atoms with Gasteiger partial charge in [0.1, 0.15) is 5.54 Å². The molecule has 2 amide bonds. The molecular formula is C19H34N4O2. The topological polar surface area (TPSA) is 55.9 Å². The summed E-state index contributed by atoms with van der Waals surface area (Å²) in [5.74, 6) is 0.192. The van der Waals surface area contributed by atoms with E-state index in [0.717, 1.165) is 52.1 Å². The molecule has 3 rings (SSSR count). The molecule has 0 spiro atoms. The van der Waals surface area contributed by atoms with Crippen molar-refractivity contribution in [2.75, 3.05) is 45.8 Å². The Balaban J connectivity index is 1.54. The van der Waals surface area contributed by atoms with Crippen molar-refractivity contribution in [2.24, 2.45) is 0 Å². The lowest BCUT2D eigenvalue weighted by atomic mass is 9.97. The normalized spacial score (nSPS) is 29.5. The van der Waals surface area contributed by atoms with Crippen molar-refractivity contribution in [1.29, 1.82) is 0 Å². The summed E-state index contributed by atoms with van der Waals surface area (Å²) in [6, 6.07) is 0.309.